The number of hydrogen-bond donors (Lipinski definition) is 0. The lowest BCUT2D eigenvalue weighted by Gasteiger charge is -2.03. The number of hydrogen-bond acceptors (Lipinski definition) is 1. The average Bonchev–Trinajstić information content (AvgIpc) is 2.18. The number of rotatable bonds is 3. The zero-order valence-electron chi connectivity index (χ0n) is 8.45. The van der Waals surface area contributed by atoms with Gasteiger partial charge < -0.3 is 4.74 Å². The molecule has 0 heterocycles. The Bertz CT molecular complexity index is 370. The fourth-order valence-electron chi connectivity index (χ4n) is 0.947. The molecular weight excluding hydrogens is 174 g/mol. The van der Waals surface area contributed by atoms with Gasteiger partial charge in [0.2, 0.25) is 0 Å². The Morgan fingerprint density at radius 1 is 1.50 bits per heavy atom. The van der Waals surface area contributed by atoms with E-state index in [0.29, 0.717) is 12.3 Å². The molecule has 0 saturated carbocycles. The van der Waals surface area contributed by atoms with Gasteiger partial charge in [0.1, 0.15) is 12.4 Å². The maximum absolute atomic E-state index is 6.84. The monoisotopic (exact) mass is 187 g/mol. The second-order valence-corrected chi connectivity index (χ2v) is 3.20. The Hall–Kier alpha value is -1.75. The van der Waals surface area contributed by atoms with Gasteiger partial charge in [-0.05, 0) is 32.1 Å². The second-order valence-electron chi connectivity index (χ2n) is 3.20. The van der Waals surface area contributed by atoms with Gasteiger partial charge in [0.05, 0.1) is 6.57 Å². The molecule has 14 heavy (non-hydrogen) atoms. The maximum atomic E-state index is 6.84. The first-order valence-electron chi connectivity index (χ1n) is 4.46. The minimum Gasteiger partial charge on any atom is -0.491 e. The van der Waals surface area contributed by atoms with Crippen molar-refractivity contribution in [3.8, 4) is 5.75 Å². The summed E-state index contributed by atoms with van der Waals surface area (Å²) in [7, 11) is 0. The smallest absolute Gasteiger partial charge is 0.190 e. The maximum Gasteiger partial charge on any atom is 0.190 e. The normalized spacial score (nSPS) is 8.93. The van der Waals surface area contributed by atoms with E-state index >= 15 is 0 Å². The summed E-state index contributed by atoms with van der Waals surface area (Å²) in [5.74, 6) is 0.746. The summed E-state index contributed by atoms with van der Waals surface area (Å²) in [6, 6.07) is 7.19. The molecule has 0 aliphatic heterocycles. The summed E-state index contributed by atoms with van der Waals surface area (Å²) < 4.78 is 5.44. The van der Waals surface area contributed by atoms with Gasteiger partial charge in [0.25, 0.3) is 0 Å². The summed E-state index contributed by atoms with van der Waals surface area (Å²) in [6.07, 6.45) is 2.00. The Kier molecular flexibility index (Phi) is 3.75. The highest BCUT2D eigenvalue weighted by Gasteiger charge is 1.94. The molecule has 2 nitrogen and oxygen atoms in total. The summed E-state index contributed by atoms with van der Waals surface area (Å²) in [4.78, 5) is 3.33. The van der Waals surface area contributed by atoms with Crippen molar-refractivity contribution < 1.29 is 4.74 Å². The van der Waals surface area contributed by atoms with Crippen LogP contribution >= 0.6 is 0 Å². The Morgan fingerprint density at radius 2 is 2.29 bits per heavy atom. The van der Waals surface area contributed by atoms with Gasteiger partial charge in [0.15, 0.2) is 5.69 Å². The first kappa shape index (κ1) is 10.3. The highest BCUT2D eigenvalue weighted by Crippen LogP contribution is 2.19. The molecule has 0 saturated heterocycles. The molecule has 1 rings (SSSR count). The van der Waals surface area contributed by atoms with Gasteiger partial charge in [-0.15, -0.1) is 0 Å². The number of ether oxygens (including phenoxy) is 1. The lowest BCUT2D eigenvalue weighted by atomic mass is 10.3. The SMILES string of the molecule is [C-]#[N+]c1cccc(OCC=C(C)C)c1. The summed E-state index contributed by atoms with van der Waals surface area (Å²) in [5.41, 5.74) is 1.84. The van der Waals surface area contributed by atoms with Crippen LogP contribution in [0.3, 0.4) is 0 Å². The Morgan fingerprint density at radius 3 is 2.93 bits per heavy atom. The minimum atomic E-state index is 0.559. The van der Waals surface area contributed by atoms with Crippen LogP contribution in [0.15, 0.2) is 35.9 Å². The molecule has 0 amide bonds. The molecule has 0 bridgehead atoms. The molecule has 72 valence electrons. The number of benzene rings is 1. The third-order valence-electron chi connectivity index (χ3n) is 1.69. The van der Waals surface area contributed by atoms with E-state index in [-0.39, 0.29) is 0 Å². The molecule has 2 heteroatoms. The molecule has 0 aliphatic rings. The van der Waals surface area contributed by atoms with Crippen LogP contribution in [-0.4, -0.2) is 6.61 Å². The van der Waals surface area contributed by atoms with E-state index in [1.165, 1.54) is 5.57 Å². The third kappa shape index (κ3) is 3.32. The van der Waals surface area contributed by atoms with Crippen molar-refractivity contribution in [3.05, 3.63) is 47.3 Å². The number of nitrogens with zero attached hydrogens (tertiary/aromatic N) is 1. The average molecular weight is 187 g/mol. The van der Waals surface area contributed by atoms with Crippen LogP contribution in [0.5, 0.6) is 5.75 Å². The predicted molar refractivity (Wildman–Crippen MR) is 57.6 cm³/mol. The fraction of sp³-hybridized carbons (Fsp3) is 0.250. The molecule has 1 aromatic rings. The van der Waals surface area contributed by atoms with Crippen LogP contribution in [0.1, 0.15) is 13.8 Å². The largest absolute Gasteiger partial charge is 0.491 e. The van der Waals surface area contributed by atoms with Crippen LogP contribution < -0.4 is 4.74 Å². The van der Waals surface area contributed by atoms with Gasteiger partial charge in [-0.25, -0.2) is 4.85 Å². The first-order valence-corrected chi connectivity index (χ1v) is 4.46. The van der Waals surface area contributed by atoms with Crippen molar-refractivity contribution in [2.24, 2.45) is 0 Å². The van der Waals surface area contributed by atoms with E-state index in [4.69, 9.17) is 11.3 Å². The van der Waals surface area contributed by atoms with Crippen LogP contribution in [0.4, 0.5) is 5.69 Å². The van der Waals surface area contributed by atoms with E-state index in [0.717, 1.165) is 5.75 Å². The van der Waals surface area contributed by atoms with Crippen molar-refractivity contribution >= 4 is 5.69 Å². The standard InChI is InChI=1S/C12H13NO/c1-10(2)7-8-14-12-6-4-5-11(9-12)13-3/h4-7,9H,8H2,1-2H3. The zero-order valence-corrected chi connectivity index (χ0v) is 8.45. The van der Waals surface area contributed by atoms with Gasteiger partial charge in [-0.1, -0.05) is 17.7 Å². The van der Waals surface area contributed by atoms with E-state index in [1.807, 2.05) is 32.1 Å². The Balaban J connectivity index is 2.60. The van der Waals surface area contributed by atoms with Crippen molar-refractivity contribution in [2.45, 2.75) is 13.8 Å². The Labute approximate surface area is 84.6 Å². The molecule has 0 fully saturated rings. The highest BCUT2D eigenvalue weighted by atomic mass is 16.5. The van der Waals surface area contributed by atoms with E-state index in [1.54, 1.807) is 12.1 Å². The van der Waals surface area contributed by atoms with Crippen LogP contribution in [-0.2, 0) is 0 Å². The molecule has 0 aliphatic carbocycles. The second kappa shape index (κ2) is 5.08. The van der Waals surface area contributed by atoms with Crippen molar-refractivity contribution in [3.63, 3.8) is 0 Å². The third-order valence-corrected chi connectivity index (χ3v) is 1.69. The minimum absolute atomic E-state index is 0.559. The zero-order chi connectivity index (χ0) is 10.4. The van der Waals surface area contributed by atoms with Gasteiger partial charge in [-0.2, -0.15) is 0 Å². The lowest BCUT2D eigenvalue weighted by molar-refractivity contribution is 0.362. The summed E-state index contributed by atoms with van der Waals surface area (Å²) >= 11 is 0. The lowest BCUT2D eigenvalue weighted by Crippen LogP contribution is -1.93. The molecule has 0 N–H and O–H groups in total. The highest BCUT2D eigenvalue weighted by molar-refractivity contribution is 5.48. The fourth-order valence-corrected chi connectivity index (χ4v) is 0.947. The van der Waals surface area contributed by atoms with Crippen molar-refractivity contribution in [1.29, 1.82) is 0 Å². The topological polar surface area (TPSA) is 13.6 Å². The van der Waals surface area contributed by atoms with Crippen LogP contribution in [0, 0.1) is 6.57 Å². The summed E-state index contributed by atoms with van der Waals surface area (Å²) in [5, 5.41) is 0. The molecule has 0 unspecified atom stereocenters. The molecule has 0 aromatic heterocycles. The molecular formula is C12H13NO. The predicted octanol–water partition coefficient (Wildman–Crippen LogP) is 3.58. The number of allylic oxidation sites excluding steroid dienone is 1. The van der Waals surface area contributed by atoms with E-state index in [9.17, 15) is 0 Å². The molecule has 0 radical (unpaired) electrons. The van der Waals surface area contributed by atoms with E-state index in [2.05, 4.69) is 4.85 Å². The van der Waals surface area contributed by atoms with Gasteiger partial charge >= 0.3 is 0 Å². The van der Waals surface area contributed by atoms with Crippen LogP contribution in [0.25, 0.3) is 4.85 Å². The van der Waals surface area contributed by atoms with Crippen molar-refractivity contribution in [1.82, 2.24) is 0 Å². The molecule has 0 spiro atoms. The molecule has 0 atom stereocenters. The quantitative estimate of drug-likeness (QED) is 0.521. The van der Waals surface area contributed by atoms with Crippen LogP contribution in [0.2, 0.25) is 0 Å². The molecule has 1 aromatic carbocycles. The van der Waals surface area contributed by atoms with Gasteiger partial charge in [-0.3, -0.25) is 0 Å². The first-order chi connectivity index (χ1) is 6.72. The van der Waals surface area contributed by atoms with Crippen molar-refractivity contribution in [2.75, 3.05) is 6.61 Å². The summed E-state index contributed by atoms with van der Waals surface area (Å²) in [6.45, 7) is 11.5. The van der Waals surface area contributed by atoms with Gasteiger partial charge in [0, 0.05) is 0 Å². The van der Waals surface area contributed by atoms with E-state index < -0.39 is 0 Å².